The van der Waals surface area contributed by atoms with Crippen molar-refractivity contribution >= 4 is 11.8 Å². The van der Waals surface area contributed by atoms with Gasteiger partial charge in [0, 0.05) is 18.8 Å². The number of allylic oxidation sites excluding steroid dienone is 8. The second kappa shape index (κ2) is 7.75. The fourth-order valence-corrected chi connectivity index (χ4v) is 4.44. The highest BCUT2D eigenvalue weighted by atomic mass is 15.1. The smallest absolute Gasteiger partial charge is 0.268 e. The van der Waals surface area contributed by atoms with Crippen LogP contribution in [-0.2, 0) is 12.8 Å². The zero-order chi connectivity index (χ0) is 19.5. The molecule has 3 aliphatic rings. The highest BCUT2D eigenvalue weighted by molar-refractivity contribution is 5.69. The molecule has 28 heavy (non-hydrogen) atoms. The Kier molecular flexibility index (Phi) is 5.00. The van der Waals surface area contributed by atoms with E-state index in [1.165, 1.54) is 48.3 Å². The molecule has 0 aromatic heterocycles. The summed E-state index contributed by atoms with van der Waals surface area (Å²) < 4.78 is 0. The van der Waals surface area contributed by atoms with Crippen molar-refractivity contribution in [1.29, 1.82) is 5.26 Å². The van der Waals surface area contributed by atoms with Gasteiger partial charge in [-0.1, -0.05) is 37.0 Å². The summed E-state index contributed by atoms with van der Waals surface area (Å²) in [5, 5.41) is 9.20. The molecule has 0 radical (unpaired) electrons. The van der Waals surface area contributed by atoms with E-state index in [0.717, 1.165) is 30.4 Å². The number of benzene rings is 1. The summed E-state index contributed by atoms with van der Waals surface area (Å²) in [6.45, 7) is 13.5. The summed E-state index contributed by atoms with van der Waals surface area (Å²) in [5.41, 5.74) is 8.62. The van der Waals surface area contributed by atoms with Crippen LogP contribution in [0.4, 0.5) is 5.69 Å². The van der Waals surface area contributed by atoms with Crippen molar-refractivity contribution in [2.45, 2.75) is 32.1 Å². The van der Waals surface area contributed by atoms with Crippen molar-refractivity contribution < 1.29 is 0 Å². The Morgan fingerprint density at radius 2 is 1.79 bits per heavy atom. The first-order valence-corrected chi connectivity index (χ1v) is 9.86. The van der Waals surface area contributed by atoms with Crippen molar-refractivity contribution in [2.75, 3.05) is 18.0 Å². The quantitative estimate of drug-likeness (QED) is 0.520. The van der Waals surface area contributed by atoms with Gasteiger partial charge in [-0.3, -0.25) is 0 Å². The van der Waals surface area contributed by atoms with Crippen LogP contribution in [0.2, 0.25) is 0 Å². The Morgan fingerprint density at radius 1 is 1.11 bits per heavy atom. The van der Waals surface area contributed by atoms with Crippen molar-refractivity contribution in [3.05, 3.63) is 93.5 Å². The summed E-state index contributed by atoms with van der Waals surface area (Å²) in [5.74, 6) is 0. The summed E-state index contributed by atoms with van der Waals surface area (Å²) >= 11 is 0. The van der Waals surface area contributed by atoms with Crippen LogP contribution >= 0.6 is 0 Å². The molecule has 3 nitrogen and oxygen atoms in total. The van der Waals surface area contributed by atoms with Crippen molar-refractivity contribution in [3.8, 4) is 6.07 Å². The van der Waals surface area contributed by atoms with E-state index < -0.39 is 0 Å². The molecule has 138 valence electrons. The predicted octanol–water partition coefficient (Wildman–Crippen LogP) is 5.54. The maximum Gasteiger partial charge on any atom is 0.268 e. The van der Waals surface area contributed by atoms with Crippen LogP contribution in [0.15, 0.2) is 65.4 Å². The summed E-state index contributed by atoms with van der Waals surface area (Å²) in [6.07, 6.45) is 15.5. The van der Waals surface area contributed by atoms with E-state index in [9.17, 15) is 5.26 Å². The molecule has 2 heterocycles. The largest absolute Gasteiger partial charge is 0.371 e. The second-order valence-electron chi connectivity index (χ2n) is 7.56. The molecule has 0 amide bonds. The van der Waals surface area contributed by atoms with Crippen LogP contribution in [0.5, 0.6) is 0 Å². The second-order valence-corrected chi connectivity index (χ2v) is 7.56. The third kappa shape index (κ3) is 3.45. The molecule has 0 N–H and O–H groups in total. The Bertz CT molecular complexity index is 988. The monoisotopic (exact) mass is 365 g/mol. The van der Waals surface area contributed by atoms with Crippen LogP contribution in [0.1, 0.15) is 36.0 Å². The minimum atomic E-state index is 0.128. The van der Waals surface area contributed by atoms with Crippen LogP contribution in [-0.4, -0.2) is 13.1 Å². The van der Waals surface area contributed by atoms with E-state index in [2.05, 4.69) is 40.6 Å². The van der Waals surface area contributed by atoms with Gasteiger partial charge in [-0.15, -0.1) is 0 Å². The molecule has 0 bridgehead atoms. The average molecular weight is 365 g/mol. The SMILES string of the molecule is [C-]#[N+]/C(C#N)=C1\C=C(C=C)CC(/C=C/c2cc3c4c(c2)CCCN4CCC3)=C1. The molecule has 0 saturated heterocycles. The van der Waals surface area contributed by atoms with Gasteiger partial charge in [0.2, 0.25) is 0 Å². The van der Waals surface area contributed by atoms with Crippen LogP contribution in [0, 0.1) is 17.9 Å². The molecule has 4 rings (SSSR count). The molecular weight excluding hydrogens is 342 g/mol. The molecule has 0 fully saturated rings. The van der Waals surface area contributed by atoms with Gasteiger partial charge in [-0.05, 0) is 77.6 Å². The molecule has 0 saturated carbocycles. The zero-order valence-corrected chi connectivity index (χ0v) is 16.0. The highest BCUT2D eigenvalue weighted by Gasteiger charge is 2.23. The molecule has 1 aromatic rings. The third-order valence-electron chi connectivity index (χ3n) is 5.69. The van der Waals surface area contributed by atoms with Crippen molar-refractivity contribution in [3.63, 3.8) is 0 Å². The lowest BCUT2D eigenvalue weighted by molar-refractivity contribution is 0.634. The first-order valence-electron chi connectivity index (χ1n) is 9.86. The van der Waals surface area contributed by atoms with Gasteiger partial charge < -0.3 is 4.90 Å². The van der Waals surface area contributed by atoms with Gasteiger partial charge >= 0.3 is 0 Å². The fraction of sp³-hybridized carbons (Fsp3) is 0.280. The lowest BCUT2D eigenvalue weighted by atomic mass is 9.89. The van der Waals surface area contributed by atoms with Crippen LogP contribution in [0.3, 0.4) is 0 Å². The van der Waals surface area contributed by atoms with E-state index in [1.807, 2.05) is 18.2 Å². The van der Waals surface area contributed by atoms with Gasteiger partial charge in [0.05, 0.1) is 12.6 Å². The molecule has 0 atom stereocenters. The minimum Gasteiger partial charge on any atom is -0.371 e. The molecule has 0 unspecified atom stereocenters. The maximum absolute atomic E-state index is 9.20. The topological polar surface area (TPSA) is 31.4 Å². The Hall–Kier alpha value is -3.30. The van der Waals surface area contributed by atoms with Crippen LogP contribution in [0.25, 0.3) is 10.9 Å². The lowest BCUT2D eigenvalue weighted by Gasteiger charge is -2.37. The summed E-state index contributed by atoms with van der Waals surface area (Å²) in [7, 11) is 0. The van der Waals surface area contributed by atoms with E-state index in [0.29, 0.717) is 5.57 Å². The number of nitrogens with zero attached hydrogens (tertiary/aromatic N) is 3. The summed E-state index contributed by atoms with van der Waals surface area (Å²) in [4.78, 5) is 5.91. The molecule has 3 heteroatoms. The number of hydrogen-bond acceptors (Lipinski definition) is 2. The lowest BCUT2D eigenvalue weighted by Crippen LogP contribution is -2.34. The Morgan fingerprint density at radius 3 is 2.39 bits per heavy atom. The zero-order valence-electron chi connectivity index (χ0n) is 16.0. The fourth-order valence-electron chi connectivity index (χ4n) is 4.44. The van der Waals surface area contributed by atoms with Gasteiger partial charge in [0.1, 0.15) is 0 Å². The van der Waals surface area contributed by atoms with E-state index in [-0.39, 0.29) is 5.70 Å². The highest BCUT2D eigenvalue weighted by Crippen LogP contribution is 2.36. The van der Waals surface area contributed by atoms with Gasteiger partial charge in [-0.25, -0.2) is 10.1 Å². The minimum absolute atomic E-state index is 0.128. The Balaban J connectivity index is 1.66. The van der Waals surface area contributed by atoms with Crippen molar-refractivity contribution in [1.82, 2.24) is 0 Å². The number of anilines is 1. The normalized spacial score (nSPS) is 19.9. The first kappa shape index (κ1) is 18.1. The molecule has 1 aromatic carbocycles. The predicted molar refractivity (Wildman–Crippen MR) is 115 cm³/mol. The molecule has 0 spiro atoms. The number of nitriles is 1. The van der Waals surface area contributed by atoms with Gasteiger partial charge in [-0.2, -0.15) is 0 Å². The van der Waals surface area contributed by atoms with Crippen molar-refractivity contribution in [2.24, 2.45) is 0 Å². The number of aryl methyl sites for hydroxylation is 2. The maximum atomic E-state index is 9.20. The first-order chi connectivity index (χ1) is 13.7. The van der Waals surface area contributed by atoms with Crippen LogP contribution < -0.4 is 4.90 Å². The molecule has 1 aliphatic carbocycles. The standard InChI is InChI=1S/C25H23N3/c1-3-18-12-19(16-23(13-18)24(17-26)27-2)8-9-20-14-21-6-4-10-28-11-5-7-22(15-20)25(21)28/h3,8-9,13-16H,1,4-7,10-12H2/b9-8+,24-23+. The summed E-state index contributed by atoms with van der Waals surface area (Å²) in [6, 6.07) is 6.65. The average Bonchev–Trinajstić information content (AvgIpc) is 2.73. The molecule has 2 aliphatic heterocycles. The van der Waals surface area contributed by atoms with E-state index in [1.54, 1.807) is 6.08 Å². The van der Waals surface area contributed by atoms with E-state index >= 15 is 0 Å². The van der Waals surface area contributed by atoms with E-state index in [4.69, 9.17) is 6.57 Å². The number of rotatable bonds is 3. The number of hydrogen-bond donors (Lipinski definition) is 0. The van der Waals surface area contributed by atoms with Gasteiger partial charge in [0.25, 0.3) is 5.70 Å². The van der Waals surface area contributed by atoms with Gasteiger partial charge in [0.15, 0.2) is 0 Å². The Labute approximate surface area is 167 Å². The third-order valence-corrected chi connectivity index (χ3v) is 5.69. The molecular formula is C25H23N3.